The number of hydrogen-bond donors (Lipinski definition) is 0. The second-order valence-electron chi connectivity index (χ2n) is 3.99. The van der Waals surface area contributed by atoms with Crippen molar-refractivity contribution in [2.24, 2.45) is 0 Å². The maximum absolute atomic E-state index is 13.5. The van der Waals surface area contributed by atoms with Crippen LogP contribution in [0.5, 0.6) is 0 Å². The molecule has 0 saturated carbocycles. The van der Waals surface area contributed by atoms with E-state index in [0.29, 0.717) is 9.50 Å². The van der Waals surface area contributed by atoms with Crippen LogP contribution >= 0.6 is 27.5 Å². The van der Waals surface area contributed by atoms with E-state index in [9.17, 15) is 13.6 Å². The third kappa shape index (κ3) is 3.61. The van der Waals surface area contributed by atoms with Crippen molar-refractivity contribution >= 4 is 33.3 Å². The largest absolute Gasteiger partial charge is 0.294 e. The second kappa shape index (κ2) is 5.80. The summed E-state index contributed by atoms with van der Waals surface area (Å²) >= 11 is 8.86. The Morgan fingerprint density at radius 3 is 2.58 bits per heavy atom. The Morgan fingerprint density at radius 2 is 1.89 bits per heavy atom. The van der Waals surface area contributed by atoms with Crippen LogP contribution in [0.3, 0.4) is 0 Å². The average Bonchev–Trinajstić information content (AvgIpc) is 2.32. The minimum atomic E-state index is -0.524. The van der Waals surface area contributed by atoms with Crippen LogP contribution in [0, 0.1) is 11.6 Å². The summed E-state index contributed by atoms with van der Waals surface area (Å²) in [5, 5.41) is 0.352. The van der Waals surface area contributed by atoms with Crippen LogP contribution in [0.4, 0.5) is 8.78 Å². The number of Topliss-reactive ketones (excluding diaryl/α,β-unsaturated/α-hetero) is 1. The number of ketones is 1. The molecule has 0 atom stereocenters. The van der Waals surface area contributed by atoms with Crippen LogP contribution in [0.1, 0.15) is 15.9 Å². The van der Waals surface area contributed by atoms with E-state index in [4.69, 9.17) is 11.6 Å². The zero-order valence-electron chi connectivity index (χ0n) is 9.59. The molecular formula is C14H8BrClF2O. The van der Waals surface area contributed by atoms with E-state index in [1.807, 2.05) is 0 Å². The van der Waals surface area contributed by atoms with Gasteiger partial charge in [0.05, 0.1) is 0 Å². The first-order chi connectivity index (χ1) is 8.95. The Hall–Kier alpha value is -1.26. The van der Waals surface area contributed by atoms with Crippen molar-refractivity contribution in [3.8, 4) is 0 Å². The molecule has 0 radical (unpaired) electrons. The van der Waals surface area contributed by atoms with Crippen LogP contribution in [0.15, 0.2) is 40.9 Å². The summed E-state index contributed by atoms with van der Waals surface area (Å²) in [6.07, 6.45) is -0.164. The molecule has 2 aromatic carbocycles. The second-order valence-corrected chi connectivity index (χ2v) is 5.35. The van der Waals surface area contributed by atoms with E-state index >= 15 is 0 Å². The molecule has 19 heavy (non-hydrogen) atoms. The highest BCUT2D eigenvalue weighted by molar-refractivity contribution is 9.10. The summed E-state index contributed by atoms with van der Waals surface area (Å²) in [6.45, 7) is 0. The highest BCUT2D eigenvalue weighted by Crippen LogP contribution is 2.19. The van der Waals surface area contributed by atoms with Crippen molar-refractivity contribution < 1.29 is 13.6 Å². The van der Waals surface area contributed by atoms with Crippen molar-refractivity contribution in [1.82, 2.24) is 0 Å². The molecule has 0 bridgehead atoms. The quantitative estimate of drug-likeness (QED) is 0.730. The van der Waals surface area contributed by atoms with Crippen LogP contribution in [-0.4, -0.2) is 5.78 Å². The molecule has 98 valence electrons. The highest BCUT2D eigenvalue weighted by atomic mass is 79.9. The van der Waals surface area contributed by atoms with Crippen LogP contribution in [0.25, 0.3) is 0 Å². The molecule has 5 heteroatoms. The summed E-state index contributed by atoms with van der Waals surface area (Å²) in [5.74, 6) is -1.40. The standard InChI is InChI=1S/C14H8BrClF2O/c15-10-3-9(5-12(17)7-10)14(19)6-8-4-11(16)1-2-13(8)18/h1-5,7H,6H2. The van der Waals surface area contributed by atoms with Crippen molar-refractivity contribution in [2.75, 3.05) is 0 Å². The van der Waals surface area contributed by atoms with E-state index in [2.05, 4.69) is 15.9 Å². The molecule has 0 aliphatic carbocycles. The number of benzene rings is 2. The van der Waals surface area contributed by atoms with Gasteiger partial charge < -0.3 is 0 Å². The van der Waals surface area contributed by atoms with E-state index in [-0.39, 0.29) is 23.3 Å². The lowest BCUT2D eigenvalue weighted by Gasteiger charge is -2.05. The molecule has 0 aromatic heterocycles. The van der Waals surface area contributed by atoms with Gasteiger partial charge in [-0.25, -0.2) is 8.78 Å². The Labute approximate surface area is 122 Å². The number of halogens is 4. The maximum atomic E-state index is 13.5. The van der Waals surface area contributed by atoms with Crippen LogP contribution < -0.4 is 0 Å². The van der Waals surface area contributed by atoms with Gasteiger partial charge >= 0.3 is 0 Å². The first kappa shape index (κ1) is 14.2. The normalized spacial score (nSPS) is 10.5. The number of carbonyl (C=O) groups is 1. The fourth-order valence-corrected chi connectivity index (χ4v) is 2.33. The number of hydrogen-bond acceptors (Lipinski definition) is 1. The molecule has 1 nitrogen and oxygen atoms in total. The Morgan fingerprint density at radius 1 is 1.16 bits per heavy atom. The molecule has 0 unspecified atom stereocenters. The van der Waals surface area contributed by atoms with Gasteiger partial charge in [0, 0.05) is 21.5 Å². The van der Waals surface area contributed by atoms with E-state index in [1.54, 1.807) is 0 Å². The molecule has 0 spiro atoms. The highest BCUT2D eigenvalue weighted by Gasteiger charge is 2.12. The molecule has 0 aliphatic rings. The van der Waals surface area contributed by atoms with Gasteiger partial charge in [-0.05, 0) is 42.0 Å². The molecule has 0 N–H and O–H groups in total. The molecule has 0 fully saturated rings. The summed E-state index contributed by atoms with van der Waals surface area (Å²) in [5.41, 5.74) is 0.379. The maximum Gasteiger partial charge on any atom is 0.167 e. The molecule has 2 aromatic rings. The molecule has 2 rings (SSSR count). The first-order valence-corrected chi connectivity index (χ1v) is 6.56. The lowest BCUT2D eigenvalue weighted by molar-refractivity contribution is 0.0991. The van der Waals surface area contributed by atoms with Crippen molar-refractivity contribution in [2.45, 2.75) is 6.42 Å². The van der Waals surface area contributed by atoms with Gasteiger partial charge in [0.2, 0.25) is 0 Å². The minimum Gasteiger partial charge on any atom is -0.294 e. The van der Waals surface area contributed by atoms with Crippen molar-refractivity contribution in [3.05, 3.63) is 68.7 Å². The van der Waals surface area contributed by atoms with E-state index < -0.39 is 11.6 Å². The summed E-state index contributed by atoms with van der Waals surface area (Å²) in [6, 6.07) is 7.86. The number of carbonyl (C=O) groups excluding carboxylic acids is 1. The van der Waals surface area contributed by atoms with Gasteiger partial charge in [0.1, 0.15) is 11.6 Å². The Kier molecular flexibility index (Phi) is 4.32. The minimum absolute atomic E-state index is 0.164. The first-order valence-electron chi connectivity index (χ1n) is 5.39. The predicted octanol–water partition coefficient (Wildman–Crippen LogP) is 4.81. The zero-order chi connectivity index (χ0) is 14.0. The third-order valence-electron chi connectivity index (χ3n) is 2.54. The molecule has 0 heterocycles. The van der Waals surface area contributed by atoms with Gasteiger partial charge in [0.25, 0.3) is 0 Å². The molecule has 0 aliphatic heterocycles. The topological polar surface area (TPSA) is 17.1 Å². The molecular weight excluding hydrogens is 338 g/mol. The van der Waals surface area contributed by atoms with Gasteiger partial charge in [-0.2, -0.15) is 0 Å². The van der Waals surface area contributed by atoms with E-state index in [1.165, 1.54) is 30.3 Å². The third-order valence-corrected chi connectivity index (χ3v) is 3.24. The zero-order valence-corrected chi connectivity index (χ0v) is 11.9. The van der Waals surface area contributed by atoms with Crippen LogP contribution in [0.2, 0.25) is 5.02 Å². The Bertz CT molecular complexity index is 623. The Balaban J connectivity index is 2.28. The number of rotatable bonds is 3. The fraction of sp³-hybridized carbons (Fsp3) is 0.0714. The van der Waals surface area contributed by atoms with Gasteiger partial charge in [-0.15, -0.1) is 0 Å². The van der Waals surface area contributed by atoms with Gasteiger partial charge in [0.15, 0.2) is 5.78 Å². The van der Waals surface area contributed by atoms with Gasteiger partial charge in [-0.1, -0.05) is 27.5 Å². The van der Waals surface area contributed by atoms with Gasteiger partial charge in [-0.3, -0.25) is 4.79 Å². The van der Waals surface area contributed by atoms with Crippen LogP contribution in [-0.2, 0) is 6.42 Å². The smallest absolute Gasteiger partial charge is 0.167 e. The monoisotopic (exact) mass is 344 g/mol. The summed E-state index contributed by atoms with van der Waals surface area (Å²) < 4.78 is 27.2. The fourth-order valence-electron chi connectivity index (χ4n) is 1.67. The predicted molar refractivity (Wildman–Crippen MR) is 73.5 cm³/mol. The lowest BCUT2D eigenvalue weighted by atomic mass is 10.0. The van der Waals surface area contributed by atoms with E-state index in [0.717, 1.165) is 6.07 Å². The van der Waals surface area contributed by atoms with Crippen molar-refractivity contribution in [3.63, 3.8) is 0 Å². The lowest BCUT2D eigenvalue weighted by Crippen LogP contribution is -2.06. The SMILES string of the molecule is O=C(Cc1cc(Cl)ccc1F)c1cc(F)cc(Br)c1. The average molecular weight is 346 g/mol. The molecule has 0 saturated heterocycles. The summed E-state index contributed by atoms with van der Waals surface area (Å²) in [4.78, 5) is 12.0. The molecule has 0 amide bonds. The van der Waals surface area contributed by atoms with Crippen molar-refractivity contribution in [1.29, 1.82) is 0 Å². The summed E-state index contributed by atoms with van der Waals surface area (Å²) in [7, 11) is 0.